The van der Waals surface area contributed by atoms with E-state index in [1.165, 1.54) is 12.8 Å². The third-order valence-electron chi connectivity index (χ3n) is 14.9. The number of nitrogens with two attached hydrogens (primary N) is 2. The van der Waals surface area contributed by atoms with Crippen molar-refractivity contribution < 1.29 is 18.9 Å². The van der Waals surface area contributed by atoms with Crippen molar-refractivity contribution in [1.82, 2.24) is 69.2 Å². The van der Waals surface area contributed by atoms with Gasteiger partial charge >= 0.3 is 7.12 Å². The van der Waals surface area contributed by atoms with Gasteiger partial charge in [-0.3, -0.25) is 19.0 Å². The van der Waals surface area contributed by atoms with Crippen molar-refractivity contribution >= 4 is 74.3 Å². The van der Waals surface area contributed by atoms with Crippen molar-refractivity contribution in [2.45, 2.75) is 143 Å². The number of fused-ring (bicyclic) bond motifs is 2. The molecule has 0 unspecified atom stereocenters. The summed E-state index contributed by atoms with van der Waals surface area (Å²) in [4.78, 5) is 61.7. The first-order valence-electron chi connectivity index (χ1n) is 27.4. The number of hydrogen-bond donors (Lipinski definition) is 4. The van der Waals surface area contributed by atoms with Crippen LogP contribution in [-0.4, -0.2) is 126 Å². The molecule has 78 heavy (non-hydrogen) atoms. The van der Waals surface area contributed by atoms with E-state index in [-0.39, 0.29) is 42.1 Å². The van der Waals surface area contributed by atoms with Gasteiger partial charge in [0.1, 0.15) is 24.4 Å². The summed E-state index contributed by atoms with van der Waals surface area (Å²) < 4.78 is 16.3. The first-order chi connectivity index (χ1) is 37.6. The van der Waals surface area contributed by atoms with Crippen molar-refractivity contribution in [3.8, 4) is 33.6 Å². The second kappa shape index (κ2) is 24.7. The Bertz CT molecular complexity index is 3320. The molecule has 3 saturated heterocycles. The second-order valence-electron chi connectivity index (χ2n) is 21.4. The molecule has 2 amide bonds. The molecule has 8 aromatic rings. The average Bonchev–Trinajstić information content (AvgIpc) is 4.44. The quantitative estimate of drug-likeness (QED) is 0.0743. The summed E-state index contributed by atoms with van der Waals surface area (Å²) in [7, 11) is -0.432. The maximum absolute atomic E-state index is 12.6. The molecule has 20 nitrogen and oxygen atoms in total. The zero-order valence-corrected chi connectivity index (χ0v) is 47.4. The SMILES string of the molecule is CC1(C)OB(c2cnn(CC(=O)N3CCCCC3)c2)OC1(C)C.CCCCc1cc(-c2c[nH]c3ncc(-c4cnn(CC(=O)N5CCCCC5)c4)cc23)nc(N)n1.CCCCc1cc(-c2c[nH]c3ncc(Br)cc23)nc(N)n1. The van der Waals surface area contributed by atoms with Gasteiger partial charge in [-0.15, -0.1) is 0 Å². The molecule has 6 N–H and O–H groups in total. The number of pyridine rings is 2. The number of amides is 2. The Hall–Kier alpha value is -7.04. The highest BCUT2D eigenvalue weighted by Crippen LogP contribution is 2.37. The number of aromatic amines is 2. The summed E-state index contributed by atoms with van der Waals surface area (Å²) in [5.41, 5.74) is 20.9. The fourth-order valence-electron chi connectivity index (χ4n) is 9.78. The normalized spacial score (nSPS) is 16.0. The lowest BCUT2D eigenvalue weighted by Gasteiger charge is -2.32. The third-order valence-corrected chi connectivity index (χ3v) is 15.3. The number of H-pyrrole nitrogens is 2. The van der Waals surface area contributed by atoms with E-state index in [1.54, 1.807) is 28.0 Å². The maximum atomic E-state index is 12.6. The largest absolute Gasteiger partial charge is 0.498 e. The van der Waals surface area contributed by atoms with Crippen molar-refractivity contribution in [3.63, 3.8) is 0 Å². The minimum atomic E-state index is -0.432. The molecule has 3 fully saturated rings. The lowest BCUT2D eigenvalue weighted by molar-refractivity contribution is -0.133. The topological polar surface area (TPSA) is 256 Å². The van der Waals surface area contributed by atoms with Gasteiger partial charge in [0.05, 0.1) is 28.8 Å². The number of nitrogens with one attached hydrogen (secondary N) is 2. The van der Waals surface area contributed by atoms with E-state index >= 15 is 0 Å². The molecule has 3 aliphatic heterocycles. The van der Waals surface area contributed by atoms with Crippen LogP contribution >= 0.6 is 15.9 Å². The number of unbranched alkanes of at least 4 members (excludes halogenated alkanes) is 2. The first kappa shape index (κ1) is 55.7. The second-order valence-corrected chi connectivity index (χ2v) is 22.3. The molecule has 0 aromatic carbocycles. The average molecular weight is 1120 g/mol. The van der Waals surface area contributed by atoms with E-state index in [1.807, 2.05) is 86.7 Å². The number of piperidine rings is 2. The van der Waals surface area contributed by atoms with Crippen LogP contribution in [0.25, 0.3) is 55.7 Å². The number of carbonyl (C=O) groups is 2. The van der Waals surface area contributed by atoms with E-state index in [9.17, 15) is 9.59 Å². The molecule has 3 aliphatic rings. The molecule has 410 valence electrons. The number of hydrogen-bond acceptors (Lipinski definition) is 14. The molecule has 22 heteroatoms. The van der Waals surface area contributed by atoms with Crippen LogP contribution in [0.4, 0.5) is 11.9 Å². The van der Waals surface area contributed by atoms with Crippen molar-refractivity contribution in [1.29, 1.82) is 0 Å². The Morgan fingerprint density at radius 2 is 1.12 bits per heavy atom. The lowest BCUT2D eigenvalue weighted by Crippen LogP contribution is -2.41. The molecular weight excluding hydrogens is 1050 g/mol. The highest BCUT2D eigenvalue weighted by atomic mass is 79.9. The Balaban J connectivity index is 0.000000148. The van der Waals surface area contributed by atoms with Gasteiger partial charge in [-0.2, -0.15) is 10.2 Å². The Morgan fingerprint density at radius 3 is 1.64 bits per heavy atom. The molecule has 0 saturated carbocycles. The minimum absolute atomic E-state index is 0.121. The zero-order valence-electron chi connectivity index (χ0n) is 45.8. The smallest absolute Gasteiger partial charge is 0.399 e. The van der Waals surface area contributed by atoms with Crippen LogP contribution < -0.4 is 16.9 Å². The van der Waals surface area contributed by atoms with Crippen LogP contribution in [0.2, 0.25) is 0 Å². The molecule has 8 aromatic heterocycles. The summed E-state index contributed by atoms with van der Waals surface area (Å²) in [5, 5.41) is 10.7. The molecule has 11 rings (SSSR count). The van der Waals surface area contributed by atoms with Crippen LogP contribution in [0.5, 0.6) is 0 Å². The van der Waals surface area contributed by atoms with Gasteiger partial charge in [-0.1, -0.05) is 26.7 Å². The number of halogens is 1. The minimum Gasteiger partial charge on any atom is -0.399 e. The summed E-state index contributed by atoms with van der Waals surface area (Å²) in [6, 6.07) is 8.12. The zero-order chi connectivity index (χ0) is 55.0. The number of nitrogen functional groups attached to an aromatic ring is 2. The molecule has 0 aliphatic carbocycles. The number of nitrogens with zero attached hydrogens (tertiary/aromatic N) is 12. The van der Waals surface area contributed by atoms with Crippen LogP contribution in [0.3, 0.4) is 0 Å². The fourth-order valence-corrected chi connectivity index (χ4v) is 10.1. The van der Waals surface area contributed by atoms with E-state index < -0.39 is 7.12 Å². The van der Waals surface area contributed by atoms with Gasteiger partial charge in [0.15, 0.2) is 0 Å². The maximum Gasteiger partial charge on any atom is 0.498 e. The molecule has 0 atom stereocenters. The predicted octanol–water partition coefficient (Wildman–Crippen LogP) is 8.72. The Labute approximate surface area is 464 Å². The van der Waals surface area contributed by atoms with Crippen LogP contribution in [0, 0.1) is 0 Å². The molecule has 0 radical (unpaired) electrons. The summed E-state index contributed by atoms with van der Waals surface area (Å²) >= 11 is 3.45. The summed E-state index contributed by atoms with van der Waals surface area (Å²) in [6.45, 7) is 16.4. The third kappa shape index (κ3) is 13.4. The standard InChI is InChI=1S/C25H30N8O.C16H26BN3O3.C15H16BrN5/c1-2-3-7-19-11-22(31-25(26)30-19)21-14-28-24-20(21)10-17(12-27-24)18-13-29-33(15-18)16-23(34)32-8-5-4-6-9-32;1-15(2)16(3,4)23-17(22-15)13-10-18-20(11-13)12-14(21)19-8-6-5-7-9-19;1-2-3-4-10-6-13(21-15(17)20-10)12-8-19-14-11(12)5-9(16)7-18-14/h10-15H,2-9,16H2,1H3,(H,27,28)(H2,26,30,31);10-11H,5-9,12H2,1-4H3;5-8H,2-4H2,1H3,(H,18,19)(H2,17,20,21). The number of anilines is 2. The van der Waals surface area contributed by atoms with Gasteiger partial charge in [-0.25, -0.2) is 29.9 Å². The molecule has 0 bridgehead atoms. The molecule has 11 heterocycles. The monoisotopic (exact) mass is 1120 g/mol. The molecular formula is C56H72BBrN16O4. The van der Waals surface area contributed by atoms with Crippen molar-refractivity contribution in [2.75, 3.05) is 37.6 Å². The highest BCUT2D eigenvalue weighted by Gasteiger charge is 2.52. The van der Waals surface area contributed by atoms with E-state index in [4.69, 9.17) is 20.8 Å². The van der Waals surface area contributed by atoms with Crippen molar-refractivity contribution in [2.24, 2.45) is 0 Å². The predicted molar refractivity (Wildman–Crippen MR) is 308 cm³/mol. The Morgan fingerprint density at radius 1 is 0.628 bits per heavy atom. The number of aryl methyl sites for hydroxylation is 2. The first-order valence-corrected chi connectivity index (χ1v) is 28.2. The van der Waals surface area contributed by atoms with E-state index in [0.29, 0.717) is 5.95 Å². The summed E-state index contributed by atoms with van der Waals surface area (Å²) in [6.07, 6.45) is 27.6. The van der Waals surface area contributed by atoms with Gasteiger partial charge in [0.25, 0.3) is 0 Å². The lowest BCUT2D eigenvalue weighted by atomic mass is 9.82. The number of likely N-dealkylation sites (tertiary alicyclic amines) is 2. The van der Waals surface area contributed by atoms with Crippen LogP contribution in [-0.2, 0) is 44.8 Å². The Kier molecular flexibility index (Phi) is 17.7. The number of carbonyl (C=O) groups excluding carboxylic acids is 2. The van der Waals surface area contributed by atoms with E-state index in [2.05, 4.69) is 85.9 Å². The van der Waals surface area contributed by atoms with Crippen LogP contribution in [0.15, 0.2) is 78.3 Å². The van der Waals surface area contributed by atoms with E-state index in [0.717, 1.165) is 167 Å². The molecule has 0 spiro atoms. The van der Waals surface area contributed by atoms with Gasteiger partial charge in [0, 0.05) is 124 Å². The van der Waals surface area contributed by atoms with Gasteiger partial charge in [0.2, 0.25) is 23.7 Å². The van der Waals surface area contributed by atoms with Gasteiger partial charge < -0.3 is 40.5 Å². The van der Waals surface area contributed by atoms with Crippen molar-refractivity contribution in [3.05, 3.63) is 89.7 Å². The number of rotatable bonds is 14. The van der Waals surface area contributed by atoms with Crippen LogP contribution in [0.1, 0.15) is 117 Å². The highest BCUT2D eigenvalue weighted by molar-refractivity contribution is 9.10. The summed E-state index contributed by atoms with van der Waals surface area (Å²) in [5.74, 6) is 0.849. The van der Waals surface area contributed by atoms with Gasteiger partial charge in [-0.05, 0) is 132 Å². The number of aromatic nitrogens is 12. The fraction of sp³-hybridized carbons (Fsp3) is 0.464.